The number of aromatic nitrogens is 1. The highest BCUT2D eigenvalue weighted by atomic mass is 35.5. The fourth-order valence-electron chi connectivity index (χ4n) is 10.4. The SMILES string of the molecule is O=C1c2cc3[nH]c4c(Cl)cc(C56CC7CC(CC(C7)C5)C6)cc4c3cc2C2c3ccccc3C1c1ccccc12. The number of Topliss-reactive ketones (excluding diaryl/α,β-unsaturated/α-hetero) is 1. The summed E-state index contributed by atoms with van der Waals surface area (Å²) in [6.07, 6.45) is 8.29. The smallest absolute Gasteiger partial charge is 0.175 e. The summed E-state index contributed by atoms with van der Waals surface area (Å²) in [7, 11) is 0. The molecule has 0 amide bonds. The van der Waals surface area contributed by atoms with Gasteiger partial charge in [0.15, 0.2) is 5.78 Å². The summed E-state index contributed by atoms with van der Waals surface area (Å²) < 4.78 is 0. The number of aromatic amines is 1. The highest BCUT2D eigenvalue weighted by Gasteiger charge is 2.52. The Morgan fingerprint density at radius 3 is 1.85 bits per heavy atom. The van der Waals surface area contributed by atoms with Gasteiger partial charge in [-0.3, -0.25) is 4.79 Å². The molecule has 0 saturated heterocycles. The molecular formula is C37H30ClNO. The molecule has 0 unspecified atom stereocenters. The van der Waals surface area contributed by atoms with Crippen LogP contribution in [0.1, 0.15) is 94.1 Å². The second-order valence-corrected chi connectivity index (χ2v) is 14.1. The zero-order chi connectivity index (χ0) is 26.3. The van der Waals surface area contributed by atoms with Crippen LogP contribution in [0.25, 0.3) is 21.8 Å². The van der Waals surface area contributed by atoms with E-state index < -0.39 is 0 Å². The van der Waals surface area contributed by atoms with Crippen LogP contribution in [-0.4, -0.2) is 10.8 Å². The van der Waals surface area contributed by atoms with Crippen LogP contribution in [0.4, 0.5) is 0 Å². The summed E-state index contributed by atoms with van der Waals surface area (Å²) in [5.41, 5.74) is 10.6. The van der Waals surface area contributed by atoms with Crippen LogP contribution in [0.3, 0.4) is 0 Å². The molecule has 7 aliphatic rings. The van der Waals surface area contributed by atoms with E-state index in [-0.39, 0.29) is 23.0 Å². The van der Waals surface area contributed by atoms with Crippen molar-refractivity contribution in [2.75, 3.05) is 0 Å². The third-order valence-electron chi connectivity index (χ3n) is 11.6. The standard InChI is InChI=1S/C37H30ClNO/c38-31-13-22(37-16-19-9-20(17-37)11-21(10-19)18-37)12-29-27-14-28-30(15-32(27)39-35(29)31)36(40)34-25-7-3-1-5-23(25)33(28)24-6-2-4-8-26(24)34/h1-8,12-15,19-21,33-34,39H,9-11,16-18H2. The second kappa shape index (κ2) is 7.47. The summed E-state index contributed by atoms with van der Waals surface area (Å²) in [4.78, 5) is 18.0. The van der Waals surface area contributed by atoms with Crippen molar-refractivity contribution >= 4 is 39.2 Å². The molecule has 7 aliphatic carbocycles. The molecule has 6 bridgehead atoms. The molecule has 40 heavy (non-hydrogen) atoms. The van der Waals surface area contributed by atoms with Gasteiger partial charge in [0.1, 0.15) is 0 Å². The topological polar surface area (TPSA) is 32.9 Å². The predicted octanol–water partition coefficient (Wildman–Crippen LogP) is 9.26. The summed E-state index contributed by atoms with van der Waals surface area (Å²) in [5.74, 6) is 2.68. The number of hydrogen-bond acceptors (Lipinski definition) is 1. The van der Waals surface area contributed by atoms with Crippen molar-refractivity contribution in [3.05, 3.63) is 117 Å². The summed E-state index contributed by atoms with van der Waals surface area (Å²) in [5, 5.41) is 3.22. The van der Waals surface area contributed by atoms with Crippen LogP contribution in [0.5, 0.6) is 0 Å². The maximum atomic E-state index is 14.3. The highest BCUT2D eigenvalue weighted by molar-refractivity contribution is 6.36. The zero-order valence-electron chi connectivity index (χ0n) is 22.3. The highest BCUT2D eigenvalue weighted by Crippen LogP contribution is 2.61. The van der Waals surface area contributed by atoms with Crippen molar-refractivity contribution in [3.8, 4) is 0 Å². The number of hydrogen-bond donors (Lipinski definition) is 1. The van der Waals surface area contributed by atoms with Gasteiger partial charge >= 0.3 is 0 Å². The van der Waals surface area contributed by atoms with E-state index in [0.717, 1.165) is 56.1 Å². The lowest BCUT2D eigenvalue weighted by molar-refractivity contribution is -0.00512. The van der Waals surface area contributed by atoms with Crippen LogP contribution in [0.15, 0.2) is 72.8 Å². The number of H-pyrrole nitrogens is 1. The molecule has 4 fully saturated rings. The maximum absolute atomic E-state index is 14.3. The lowest BCUT2D eigenvalue weighted by atomic mass is 9.48. The number of fused-ring (bicyclic) bond motifs is 3. The normalized spacial score (nSPS) is 30.9. The third kappa shape index (κ3) is 2.74. The molecule has 1 N–H and O–H groups in total. The van der Waals surface area contributed by atoms with E-state index in [4.69, 9.17) is 11.6 Å². The first kappa shape index (κ1) is 22.3. The molecule has 3 heteroatoms. The molecule has 5 aromatic rings. The largest absolute Gasteiger partial charge is 0.353 e. The van der Waals surface area contributed by atoms with Gasteiger partial charge in [-0.05, 0) is 119 Å². The first-order valence-corrected chi connectivity index (χ1v) is 15.5. The van der Waals surface area contributed by atoms with Gasteiger partial charge in [-0.1, -0.05) is 60.1 Å². The summed E-state index contributed by atoms with van der Waals surface area (Å²) in [6, 6.07) is 26.4. The lowest BCUT2D eigenvalue weighted by Crippen LogP contribution is -2.48. The molecule has 0 atom stereocenters. The number of carbonyl (C=O) groups is 1. The van der Waals surface area contributed by atoms with Crippen molar-refractivity contribution in [2.24, 2.45) is 17.8 Å². The van der Waals surface area contributed by atoms with E-state index >= 15 is 0 Å². The molecule has 0 aliphatic heterocycles. The fraction of sp³-hybridized carbons (Fsp3) is 0.324. The van der Waals surface area contributed by atoms with E-state index in [1.165, 1.54) is 66.0 Å². The average molecular weight is 540 g/mol. The Morgan fingerprint density at radius 1 is 0.675 bits per heavy atom. The number of halogens is 1. The molecule has 196 valence electrons. The fourth-order valence-corrected chi connectivity index (χ4v) is 10.7. The van der Waals surface area contributed by atoms with Crippen molar-refractivity contribution in [2.45, 2.75) is 55.8 Å². The van der Waals surface area contributed by atoms with Gasteiger partial charge in [-0.25, -0.2) is 0 Å². The van der Waals surface area contributed by atoms with Crippen molar-refractivity contribution < 1.29 is 4.79 Å². The number of benzene rings is 4. The summed E-state index contributed by atoms with van der Waals surface area (Å²) >= 11 is 7.09. The van der Waals surface area contributed by atoms with E-state index in [0.29, 0.717) is 0 Å². The minimum Gasteiger partial charge on any atom is -0.353 e. The van der Waals surface area contributed by atoms with E-state index in [1.807, 2.05) is 0 Å². The first-order valence-electron chi connectivity index (χ1n) is 15.1. The van der Waals surface area contributed by atoms with Gasteiger partial charge in [0.2, 0.25) is 0 Å². The Bertz CT molecular complexity index is 1860. The Hall–Kier alpha value is -3.36. The van der Waals surface area contributed by atoms with Crippen LogP contribution in [-0.2, 0) is 5.41 Å². The number of ketones is 1. The van der Waals surface area contributed by atoms with E-state index in [9.17, 15) is 4.79 Å². The van der Waals surface area contributed by atoms with Gasteiger partial charge in [-0.15, -0.1) is 0 Å². The Morgan fingerprint density at radius 2 is 1.25 bits per heavy atom. The predicted molar refractivity (Wildman–Crippen MR) is 161 cm³/mol. The number of carbonyl (C=O) groups excluding carboxylic acids is 1. The maximum Gasteiger partial charge on any atom is 0.175 e. The van der Waals surface area contributed by atoms with Crippen LogP contribution in [0.2, 0.25) is 5.02 Å². The molecule has 12 rings (SSSR count). The minimum absolute atomic E-state index is 0.0567. The molecular weight excluding hydrogens is 510 g/mol. The molecule has 0 radical (unpaired) electrons. The molecule has 2 nitrogen and oxygen atoms in total. The average Bonchev–Trinajstić information content (AvgIpc) is 3.23. The quantitative estimate of drug-likeness (QED) is 0.226. The van der Waals surface area contributed by atoms with E-state index in [1.54, 1.807) is 0 Å². The molecule has 1 heterocycles. The molecule has 4 aromatic carbocycles. The minimum atomic E-state index is -0.252. The Labute approximate surface area is 238 Å². The van der Waals surface area contributed by atoms with Crippen LogP contribution < -0.4 is 0 Å². The number of rotatable bonds is 1. The second-order valence-electron chi connectivity index (χ2n) is 13.7. The summed E-state index contributed by atoms with van der Waals surface area (Å²) in [6.45, 7) is 0. The van der Waals surface area contributed by atoms with Crippen molar-refractivity contribution in [1.29, 1.82) is 0 Å². The van der Waals surface area contributed by atoms with Gasteiger partial charge in [-0.2, -0.15) is 0 Å². The van der Waals surface area contributed by atoms with Crippen LogP contribution >= 0.6 is 11.6 Å². The van der Waals surface area contributed by atoms with Crippen LogP contribution in [0, 0.1) is 17.8 Å². The lowest BCUT2D eigenvalue weighted by Gasteiger charge is -2.57. The zero-order valence-corrected chi connectivity index (χ0v) is 23.1. The monoisotopic (exact) mass is 539 g/mol. The van der Waals surface area contributed by atoms with Gasteiger partial charge in [0.25, 0.3) is 0 Å². The van der Waals surface area contributed by atoms with Gasteiger partial charge in [0, 0.05) is 27.8 Å². The Balaban J connectivity index is 1.23. The number of nitrogens with one attached hydrogen (secondary N) is 1. The molecule has 1 aromatic heterocycles. The third-order valence-corrected chi connectivity index (χ3v) is 11.9. The molecule has 4 saturated carbocycles. The van der Waals surface area contributed by atoms with E-state index in [2.05, 4.69) is 77.8 Å². The van der Waals surface area contributed by atoms with Gasteiger partial charge < -0.3 is 4.98 Å². The Kier molecular flexibility index (Phi) is 4.18. The van der Waals surface area contributed by atoms with Crippen molar-refractivity contribution in [3.63, 3.8) is 0 Å². The van der Waals surface area contributed by atoms with Gasteiger partial charge in [0.05, 0.1) is 16.5 Å². The first-order chi connectivity index (χ1) is 19.6. The molecule has 0 spiro atoms. The van der Waals surface area contributed by atoms with Crippen molar-refractivity contribution in [1.82, 2.24) is 4.98 Å².